The molecule has 0 bridgehead atoms. The zero-order chi connectivity index (χ0) is 25.1. The number of aryl methyl sites for hydroxylation is 1. The minimum absolute atomic E-state index is 0.0271. The van der Waals surface area contributed by atoms with E-state index in [2.05, 4.69) is 60.4 Å². The number of H-pyrrole nitrogens is 1. The summed E-state index contributed by atoms with van der Waals surface area (Å²) in [4.78, 5) is 15.6. The van der Waals surface area contributed by atoms with Crippen LogP contribution in [0.15, 0.2) is 72.8 Å². The molecule has 4 aromatic rings. The fourth-order valence-corrected chi connectivity index (χ4v) is 4.71. The molecule has 1 aliphatic rings. The second-order valence-corrected chi connectivity index (χ2v) is 9.14. The van der Waals surface area contributed by atoms with E-state index >= 15 is 0 Å². The first kappa shape index (κ1) is 23.7. The smallest absolute Gasteiger partial charge is 0.273 e. The first-order chi connectivity index (χ1) is 17.6. The largest absolute Gasteiger partial charge is 0.497 e. The molecule has 0 spiro atoms. The topological polar surface area (TPSA) is 67.5 Å². The van der Waals surface area contributed by atoms with E-state index in [1.165, 1.54) is 5.56 Å². The minimum Gasteiger partial charge on any atom is -0.497 e. The van der Waals surface area contributed by atoms with Gasteiger partial charge < -0.3 is 14.4 Å². The highest BCUT2D eigenvalue weighted by molar-refractivity contribution is 6.00. The number of methoxy groups -OCH3 is 1. The number of nitrogens with zero attached hydrogens (tertiary/aromatic N) is 2. The van der Waals surface area contributed by atoms with Crippen molar-refractivity contribution in [2.75, 3.05) is 20.3 Å². The van der Waals surface area contributed by atoms with Crippen molar-refractivity contribution in [2.24, 2.45) is 0 Å². The maximum Gasteiger partial charge on any atom is 0.273 e. The molecule has 1 N–H and O–H groups in total. The second-order valence-electron chi connectivity index (χ2n) is 9.14. The number of hydrogen-bond acceptors (Lipinski definition) is 4. The number of rotatable bonds is 9. The Hall–Kier alpha value is -4.06. The van der Waals surface area contributed by atoms with E-state index in [0.717, 1.165) is 52.3 Å². The van der Waals surface area contributed by atoms with Crippen molar-refractivity contribution >= 4 is 5.91 Å². The van der Waals surface area contributed by atoms with Crippen LogP contribution in [0.1, 0.15) is 52.1 Å². The Morgan fingerprint density at radius 1 is 0.944 bits per heavy atom. The van der Waals surface area contributed by atoms with Gasteiger partial charge in [0.25, 0.3) is 5.91 Å². The van der Waals surface area contributed by atoms with Crippen molar-refractivity contribution in [1.82, 2.24) is 15.1 Å². The summed E-state index contributed by atoms with van der Waals surface area (Å²) in [6.07, 6.45) is 1.69. The molecule has 6 heteroatoms. The Bertz CT molecular complexity index is 1330. The number of amides is 1. The molecule has 0 saturated heterocycles. The molecule has 36 heavy (non-hydrogen) atoms. The van der Waals surface area contributed by atoms with Crippen molar-refractivity contribution in [3.05, 3.63) is 101 Å². The maximum atomic E-state index is 13.6. The van der Waals surface area contributed by atoms with Crippen molar-refractivity contribution in [3.8, 4) is 22.8 Å². The van der Waals surface area contributed by atoms with Gasteiger partial charge >= 0.3 is 0 Å². The summed E-state index contributed by atoms with van der Waals surface area (Å²) in [6.45, 7) is 5.42. The van der Waals surface area contributed by atoms with Crippen LogP contribution in [0.5, 0.6) is 11.5 Å². The van der Waals surface area contributed by atoms with Crippen LogP contribution in [0.4, 0.5) is 0 Å². The van der Waals surface area contributed by atoms with Gasteiger partial charge in [-0.3, -0.25) is 9.89 Å². The summed E-state index contributed by atoms with van der Waals surface area (Å²) in [7, 11) is 1.66. The van der Waals surface area contributed by atoms with E-state index in [0.29, 0.717) is 18.8 Å². The highest BCUT2D eigenvalue weighted by Crippen LogP contribution is 2.43. The molecular weight excluding hydrogens is 450 g/mol. The van der Waals surface area contributed by atoms with Crippen LogP contribution in [0.2, 0.25) is 0 Å². The fraction of sp³-hybridized carbons (Fsp3) is 0.267. The van der Waals surface area contributed by atoms with E-state index < -0.39 is 0 Å². The number of carbonyl (C=O) groups is 1. The van der Waals surface area contributed by atoms with Gasteiger partial charge in [-0.05, 0) is 55.2 Å². The van der Waals surface area contributed by atoms with Crippen LogP contribution in [-0.2, 0) is 6.42 Å². The number of aromatic nitrogens is 2. The Labute approximate surface area is 211 Å². The normalized spacial score (nSPS) is 14.7. The summed E-state index contributed by atoms with van der Waals surface area (Å²) in [5.74, 6) is 1.63. The molecule has 0 radical (unpaired) electrons. The third-order valence-corrected chi connectivity index (χ3v) is 6.66. The van der Waals surface area contributed by atoms with E-state index in [-0.39, 0.29) is 11.9 Å². The van der Waals surface area contributed by atoms with Gasteiger partial charge in [0.2, 0.25) is 0 Å². The third-order valence-electron chi connectivity index (χ3n) is 6.66. The highest BCUT2D eigenvalue weighted by atomic mass is 16.5. The molecule has 1 aliphatic heterocycles. The lowest BCUT2D eigenvalue weighted by Crippen LogP contribution is -2.31. The fourth-order valence-electron chi connectivity index (χ4n) is 4.71. The lowest BCUT2D eigenvalue weighted by molar-refractivity contribution is 0.0746. The van der Waals surface area contributed by atoms with Crippen LogP contribution in [-0.4, -0.2) is 41.3 Å². The summed E-state index contributed by atoms with van der Waals surface area (Å²) in [5.41, 5.74) is 6.69. The lowest BCUT2D eigenvalue weighted by Gasteiger charge is -2.26. The van der Waals surface area contributed by atoms with E-state index in [9.17, 15) is 4.79 Å². The number of aromatic amines is 1. The number of hydrogen-bond donors (Lipinski definition) is 1. The quantitative estimate of drug-likeness (QED) is 0.320. The van der Waals surface area contributed by atoms with Gasteiger partial charge in [-0.15, -0.1) is 0 Å². The van der Waals surface area contributed by atoms with E-state index in [1.807, 2.05) is 41.3 Å². The molecule has 1 atom stereocenters. The van der Waals surface area contributed by atoms with Crippen LogP contribution >= 0.6 is 0 Å². The molecule has 5 rings (SSSR count). The molecule has 184 valence electrons. The van der Waals surface area contributed by atoms with Gasteiger partial charge in [-0.1, -0.05) is 61.0 Å². The number of fused-ring (bicyclic) bond motifs is 1. The van der Waals surface area contributed by atoms with Gasteiger partial charge in [0, 0.05) is 17.7 Å². The second kappa shape index (κ2) is 10.3. The average Bonchev–Trinajstić information content (AvgIpc) is 3.46. The summed E-state index contributed by atoms with van der Waals surface area (Å²) in [6, 6.07) is 24.1. The van der Waals surface area contributed by atoms with Crippen LogP contribution in [0.3, 0.4) is 0 Å². The molecule has 6 nitrogen and oxygen atoms in total. The predicted molar refractivity (Wildman–Crippen MR) is 141 cm³/mol. The van der Waals surface area contributed by atoms with Crippen LogP contribution in [0, 0.1) is 6.92 Å². The highest BCUT2D eigenvalue weighted by Gasteiger charge is 2.41. The summed E-state index contributed by atoms with van der Waals surface area (Å²) < 4.78 is 11.1. The predicted octanol–water partition coefficient (Wildman–Crippen LogP) is 5.97. The minimum atomic E-state index is -0.235. The third kappa shape index (κ3) is 4.59. The van der Waals surface area contributed by atoms with Gasteiger partial charge in [0.05, 0.1) is 25.5 Å². The lowest BCUT2D eigenvalue weighted by atomic mass is 9.95. The molecule has 3 aromatic carbocycles. The van der Waals surface area contributed by atoms with Crippen molar-refractivity contribution in [2.45, 2.75) is 32.7 Å². The summed E-state index contributed by atoms with van der Waals surface area (Å²) in [5, 5.41) is 7.63. The Morgan fingerprint density at radius 2 is 1.64 bits per heavy atom. The Morgan fingerprint density at radius 3 is 2.31 bits per heavy atom. The van der Waals surface area contributed by atoms with Gasteiger partial charge in [0.15, 0.2) is 0 Å². The zero-order valence-corrected chi connectivity index (χ0v) is 21.0. The monoisotopic (exact) mass is 481 g/mol. The van der Waals surface area contributed by atoms with Gasteiger partial charge in [-0.25, -0.2) is 0 Å². The van der Waals surface area contributed by atoms with E-state index in [4.69, 9.17) is 9.47 Å². The first-order valence-electron chi connectivity index (χ1n) is 12.4. The Balaban J connectivity index is 1.50. The van der Waals surface area contributed by atoms with Crippen LogP contribution < -0.4 is 9.47 Å². The zero-order valence-electron chi connectivity index (χ0n) is 21.0. The van der Waals surface area contributed by atoms with Crippen LogP contribution in [0.25, 0.3) is 11.3 Å². The van der Waals surface area contributed by atoms with Crippen molar-refractivity contribution in [1.29, 1.82) is 0 Å². The number of nitrogens with one attached hydrogen (secondary N) is 1. The van der Waals surface area contributed by atoms with Crippen molar-refractivity contribution in [3.63, 3.8) is 0 Å². The maximum absolute atomic E-state index is 13.6. The molecule has 1 amide bonds. The summed E-state index contributed by atoms with van der Waals surface area (Å²) >= 11 is 0. The van der Waals surface area contributed by atoms with E-state index in [1.54, 1.807) is 7.11 Å². The number of carbonyl (C=O) groups excluding carboxylic acids is 1. The SMILES string of the molecule is CCCOc1ccc(C2c3c(-c4ccc(C)cc4)n[nH]c3C(=O)N2CCc2ccc(OC)cc2)cc1. The molecule has 1 unspecified atom stereocenters. The van der Waals surface area contributed by atoms with Gasteiger partial charge in [-0.2, -0.15) is 5.10 Å². The standard InChI is InChI=1S/C30H31N3O3/c1-4-19-36-25-15-11-23(12-16-25)29-26-27(22-9-5-20(2)6-10-22)31-32-28(26)30(34)33(29)18-17-21-7-13-24(35-3)14-8-21/h5-16,29H,4,17-19H2,1-3H3,(H,31,32). The van der Waals surface area contributed by atoms with Gasteiger partial charge in [0.1, 0.15) is 17.2 Å². The number of benzene rings is 3. The first-order valence-corrected chi connectivity index (χ1v) is 12.4. The number of ether oxygens (including phenoxy) is 2. The Kier molecular flexibility index (Phi) is 6.76. The molecule has 0 fully saturated rings. The average molecular weight is 482 g/mol. The molecule has 0 aliphatic carbocycles. The molecular formula is C30H31N3O3. The molecule has 1 aromatic heterocycles. The van der Waals surface area contributed by atoms with Crippen molar-refractivity contribution < 1.29 is 14.3 Å². The molecule has 0 saturated carbocycles. The molecule has 2 heterocycles.